The first-order valence-electron chi connectivity index (χ1n) is 7.43. The summed E-state index contributed by atoms with van der Waals surface area (Å²) >= 11 is 1.73. The van der Waals surface area contributed by atoms with Crippen LogP contribution in [0.25, 0.3) is 5.76 Å². The monoisotopic (exact) mass is 342 g/mol. The Hall–Kier alpha value is -0.366. The van der Waals surface area contributed by atoms with Gasteiger partial charge >= 0.3 is 0 Å². The number of thiophene rings is 1. The molecule has 1 aromatic heterocycles. The summed E-state index contributed by atoms with van der Waals surface area (Å²) in [7, 11) is -3.27. The first-order chi connectivity index (χ1) is 9.32. The average molecular weight is 343 g/mol. The molecule has 0 saturated heterocycles. The lowest BCUT2D eigenvalue weighted by Gasteiger charge is -2.36. The minimum Gasteiger partial charge on any atom is -0.544 e. The quantitative estimate of drug-likeness (QED) is 0.460. The van der Waals surface area contributed by atoms with Gasteiger partial charge in [0.05, 0.1) is 11.5 Å². The molecule has 2 nitrogen and oxygen atoms in total. The summed E-state index contributed by atoms with van der Waals surface area (Å²) in [5.74, 6) is 0.803. The van der Waals surface area contributed by atoms with Crippen molar-refractivity contribution in [3.63, 3.8) is 0 Å². The second kappa shape index (κ2) is 6.40. The van der Waals surface area contributed by atoms with Crippen molar-refractivity contribution in [3.05, 3.63) is 28.5 Å². The standard InChI is InChI=1S/C16H30O2SSi2/c1-13(18-20(5,6)7)15-11-10-14(19-15)12-17-21(8,9)16(2,3)4/h10-11H,1,12H2,2-9H3. The summed E-state index contributed by atoms with van der Waals surface area (Å²) in [6, 6.07) is 4.23. The molecule has 0 amide bonds. The smallest absolute Gasteiger partial charge is 0.242 e. The summed E-state index contributed by atoms with van der Waals surface area (Å²) in [6.45, 7) is 22.7. The van der Waals surface area contributed by atoms with E-state index in [4.69, 9.17) is 8.85 Å². The van der Waals surface area contributed by atoms with Crippen LogP contribution in [0.3, 0.4) is 0 Å². The Labute approximate surface area is 136 Å². The predicted molar refractivity (Wildman–Crippen MR) is 99.8 cm³/mol. The van der Waals surface area contributed by atoms with Gasteiger partial charge in [0.2, 0.25) is 8.32 Å². The highest BCUT2D eigenvalue weighted by atomic mass is 32.1. The van der Waals surface area contributed by atoms with Crippen molar-refractivity contribution in [1.82, 2.24) is 0 Å². The summed E-state index contributed by atoms with van der Waals surface area (Å²) in [5.41, 5.74) is 0. The Balaban J connectivity index is 2.67. The Bertz CT molecular complexity index is 493. The second-order valence-electron chi connectivity index (χ2n) is 7.95. The average Bonchev–Trinajstić information content (AvgIpc) is 2.71. The van der Waals surface area contributed by atoms with Crippen LogP contribution in [0.4, 0.5) is 0 Å². The molecular weight excluding hydrogens is 312 g/mol. The fraction of sp³-hybridized carbons (Fsp3) is 0.625. The van der Waals surface area contributed by atoms with E-state index in [1.165, 1.54) is 4.88 Å². The van der Waals surface area contributed by atoms with Crippen molar-refractivity contribution in [1.29, 1.82) is 0 Å². The number of hydrogen-bond donors (Lipinski definition) is 0. The molecule has 1 rings (SSSR count). The normalized spacial score (nSPS) is 13.3. The van der Waals surface area contributed by atoms with Gasteiger partial charge in [-0.1, -0.05) is 27.4 Å². The number of hydrogen-bond acceptors (Lipinski definition) is 3. The molecule has 0 aromatic carbocycles. The molecule has 5 heteroatoms. The minimum atomic E-state index is -1.68. The van der Waals surface area contributed by atoms with Crippen LogP contribution in [-0.4, -0.2) is 16.6 Å². The predicted octanol–water partition coefficient (Wildman–Crippen LogP) is 6.09. The van der Waals surface area contributed by atoms with Crippen molar-refractivity contribution >= 4 is 33.7 Å². The zero-order valence-electron chi connectivity index (χ0n) is 14.8. The molecule has 21 heavy (non-hydrogen) atoms. The van der Waals surface area contributed by atoms with Gasteiger partial charge in [0.1, 0.15) is 5.76 Å². The highest BCUT2D eigenvalue weighted by Gasteiger charge is 2.37. The van der Waals surface area contributed by atoms with Gasteiger partial charge in [0.15, 0.2) is 8.32 Å². The Kier molecular flexibility index (Phi) is 5.69. The zero-order valence-corrected chi connectivity index (χ0v) is 17.6. The highest BCUT2D eigenvalue weighted by Crippen LogP contribution is 2.37. The molecule has 0 spiro atoms. The van der Waals surface area contributed by atoms with E-state index in [-0.39, 0.29) is 5.04 Å². The van der Waals surface area contributed by atoms with E-state index < -0.39 is 16.6 Å². The molecule has 0 radical (unpaired) electrons. The lowest BCUT2D eigenvalue weighted by atomic mass is 10.2. The molecule has 0 aliphatic carbocycles. The molecule has 1 heterocycles. The summed E-state index contributed by atoms with van der Waals surface area (Å²) in [4.78, 5) is 2.36. The third-order valence-electron chi connectivity index (χ3n) is 3.75. The lowest BCUT2D eigenvalue weighted by molar-refractivity contribution is 0.279. The van der Waals surface area contributed by atoms with Crippen molar-refractivity contribution in [2.45, 2.75) is 65.2 Å². The molecule has 0 atom stereocenters. The van der Waals surface area contributed by atoms with E-state index in [2.05, 4.69) is 72.2 Å². The molecule has 0 saturated carbocycles. The summed E-state index contributed by atoms with van der Waals surface area (Å²) < 4.78 is 12.2. The molecule has 0 unspecified atom stereocenters. The van der Waals surface area contributed by atoms with Crippen LogP contribution in [-0.2, 0) is 15.5 Å². The van der Waals surface area contributed by atoms with Gasteiger partial charge in [-0.3, -0.25) is 0 Å². The molecule has 0 aliphatic rings. The van der Waals surface area contributed by atoms with Gasteiger partial charge in [-0.25, -0.2) is 0 Å². The van der Waals surface area contributed by atoms with Crippen LogP contribution >= 0.6 is 11.3 Å². The molecular formula is C16H30O2SSi2. The van der Waals surface area contributed by atoms with Crippen molar-refractivity contribution in [3.8, 4) is 0 Å². The highest BCUT2D eigenvalue weighted by molar-refractivity contribution is 7.13. The van der Waals surface area contributed by atoms with Crippen molar-refractivity contribution in [2.75, 3.05) is 0 Å². The van der Waals surface area contributed by atoms with Gasteiger partial charge < -0.3 is 8.85 Å². The van der Waals surface area contributed by atoms with Gasteiger partial charge in [0, 0.05) is 4.88 Å². The Morgan fingerprint density at radius 1 is 1.14 bits per heavy atom. The van der Waals surface area contributed by atoms with E-state index >= 15 is 0 Å². The van der Waals surface area contributed by atoms with E-state index in [9.17, 15) is 0 Å². The van der Waals surface area contributed by atoms with Crippen LogP contribution in [0, 0.1) is 0 Å². The maximum atomic E-state index is 6.26. The molecule has 0 bridgehead atoms. The molecule has 0 N–H and O–H groups in total. The first-order valence-corrected chi connectivity index (χ1v) is 14.6. The first kappa shape index (κ1) is 18.7. The number of rotatable bonds is 6. The Morgan fingerprint density at radius 3 is 2.19 bits per heavy atom. The molecule has 0 aliphatic heterocycles. The molecule has 1 aromatic rings. The third-order valence-corrected chi connectivity index (χ3v) is 10.2. The molecule has 120 valence electrons. The lowest BCUT2D eigenvalue weighted by Crippen LogP contribution is -2.40. The summed E-state index contributed by atoms with van der Waals surface area (Å²) in [5, 5.41) is 0.248. The van der Waals surface area contributed by atoms with E-state index in [1.807, 2.05) is 0 Å². The second-order valence-corrected chi connectivity index (χ2v) is 18.4. The van der Waals surface area contributed by atoms with Crippen LogP contribution < -0.4 is 0 Å². The third kappa shape index (κ3) is 5.73. The van der Waals surface area contributed by atoms with Crippen LogP contribution in [0.5, 0.6) is 0 Å². The van der Waals surface area contributed by atoms with Crippen molar-refractivity contribution in [2.24, 2.45) is 0 Å². The van der Waals surface area contributed by atoms with Gasteiger partial charge in [-0.2, -0.15) is 0 Å². The maximum Gasteiger partial charge on any atom is 0.242 e. The van der Waals surface area contributed by atoms with E-state index in [0.717, 1.165) is 10.6 Å². The van der Waals surface area contributed by atoms with Crippen LogP contribution in [0.2, 0.25) is 37.8 Å². The van der Waals surface area contributed by atoms with Gasteiger partial charge in [0.25, 0.3) is 0 Å². The maximum absolute atomic E-state index is 6.26. The summed E-state index contributed by atoms with van der Waals surface area (Å²) in [6.07, 6.45) is 0. The van der Waals surface area contributed by atoms with E-state index in [1.54, 1.807) is 11.3 Å². The van der Waals surface area contributed by atoms with Crippen LogP contribution in [0.1, 0.15) is 30.5 Å². The minimum absolute atomic E-state index is 0.248. The van der Waals surface area contributed by atoms with Gasteiger partial charge in [-0.05, 0) is 49.9 Å². The zero-order chi connectivity index (χ0) is 16.5. The van der Waals surface area contributed by atoms with E-state index in [0.29, 0.717) is 6.61 Å². The molecule has 0 fully saturated rings. The largest absolute Gasteiger partial charge is 0.544 e. The fourth-order valence-electron chi connectivity index (χ4n) is 1.49. The van der Waals surface area contributed by atoms with Crippen LogP contribution in [0.15, 0.2) is 18.7 Å². The Morgan fingerprint density at radius 2 is 1.71 bits per heavy atom. The topological polar surface area (TPSA) is 18.5 Å². The van der Waals surface area contributed by atoms with Gasteiger partial charge in [-0.15, -0.1) is 11.3 Å². The van der Waals surface area contributed by atoms with Crippen molar-refractivity contribution < 1.29 is 8.85 Å². The fourth-order valence-corrected chi connectivity index (χ4v) is 4.30. The SMILES string of the molecule is C=C(O[Si](C)(C)C)c1ccc(CO[Si](C)(C)C(C)(C)C)s1.